The summed E-state index contributed by atoms with van der Waals surface area (Å²) in [6, 6.07) is 16.9. The molecule has 0 atom stereocenters. The molecular weight excluding hydrogens is 558 g/mol. The third kappa shape index (κ3) is 5.71. The Morgan fingerprint density at radius 1 is 1.07 bits per heavy atom. The lowest BCUT2D eigenvalue weighted by Crippen LogP contribution is -2.52. The Kier molecular flexibility index (Phi) is 7.76. The van der Waals surface area contributed by atoms with Gasteiger partial charge in [0.15, 0.2) is 0 Å². The van der Waals surface area contributed by atoms with Gasteiger partial charge in [-0.05, 0) is 51.2 Å². The molecule has 5 rings (SSSR count). The number of amides is 1. The molecule has 10 nitrogen and oxygen atoms in total. The summed E-state index contributed by atoms with van der Waals surface area (Å²) < 4.78 is 43.2. The third-order valence-electron chi connectivity index (χ3n) is 7.34. The van der Waals surface area contributed by atoms with E-state index < -0.39 is 32.6 Å². The Hall–Kier alpha value is -3.96. The van der Waals surface area contributed by atoms with Gasteiger partial charge in [-0.2, -0.15) is 4.98 Å². The molecule has 1 saturated carbocycles. The van der Waals surface area contributed by atoms with Crippen molar-refractivity contribution in [3.63, 3.8) is 0 Å². The molecule has 42 heavy (non-hydrogen) atoms. The van der Waals surface area contributed by atoms with Gasteiger partial charge in [-0.25, -0.2) is 13.2 Å². The fourth-order valence-electron chi connectivity index (χ4n) is 5.27. The molecule has 1 N–H and O–H groups in total. The monoisotopic (exact) mass is 593 g/mol. The van der Waals surface area contributed by atoms with Gasteiger partial charge in [0.2, 0.25) is 20.7 Å². The zero-order valence-electron chi connectivity index (χ0n) is 24.4. The van der Waals surface area contributed by atoms with Gasteiger partial charge in [0.05, 0.1) is 18.7 Å². The van der Waals surface area contributed by atoms with Crippen molar-refractivity contribution in [1.29, 1.82) is 0 Å². The summed E-state index contributed by atoms with van der Waals surface area (Å²) in [6.07, 6.45) is 3.08. The number of ether oxygens (including phenoxy) is 2. The van der Waals surface area contributed by atoms with E-state index in [1.165, 1.54) is 7.11 Å². The molecule has 2 aromatic carbocycles. The minimum Gasteiger partial charge on any atom is -0.444 e. The van der Waals surface area contributed by atoms with Gasteiger partial charge in [-0.15, -0.1) is 0 Å². The van der Waals surface area contributed by atoms with E-state index in [1.807, 2.05) is 75.4 Å². The van der Waals surface area contributed by atoms with Gasteiger partial charge >= 0.3 is 6.09 Å². The van der Waals surface area contributed by atoms with Crippen LogP contribution >= 0.6 is 0 Å². The van der Waals surface area contributed by atoms with Gasteiger partial charge in [-0.1, -0.05) is 54.6 Å². The molecule has 0 unspecified atom stereocenters. The maximum Gasteiger partial charge on any atom is 0.408 e. The molecule has 4 aromatic rings. The second-order valence-electron chi connectivity index (χ2n) is 11.6. The zero-order chi connectivity index (χ0) is 30.3. The van der Waals surface area contributed by atoms with Crippen LogP contribution < -0.4 is 10.9 Å². The number of carbonyl (C=O) groups is 1. The summed E-state index contributed by atoms with van der Waals surface area (Å²) in [6.45, 7) is 5.62. The highest BCUT2D eigenvalue weighted by Gasteiger charge is 2.41. The fourth-order valence-corrected chi connectivity index (χ4v) is 6.09. The topological polar surface area (TPSA) is 130 Å². The number of hydrogen-bond acceptors (Lipinski definition) is 8. The quantitative estimate of drug-likeness (QED) is 0.273. The predicted octanol–water partition coefficient (Wildman–Crippen LogP) is 5.28. The van der Waals surface area contributed by atoms with E-state index >= 15 is 0 Å². The third-order valence-corrected chi connectivity index (χ3v) is 8.31. The van der Waals surface area contributed by atoms with Crippen molar-refractivity contribution >= 4 is 27.0 Å². The number of furan rings is 1. The van der Waals surface area contributed by atoms with E-state index in [9.17, 15) is 18.0 Å². The van der Waals surface area contributed by atoms with Crippen LogP contribution in [0.4, 0.5) is 4.79 Å². The van der Waals surface area contributed by atoms with Crippen molar-refractivity contribution in [2.45, 2.75) is 62.9 Å². The van der Waals surface area contributed by atoms with E-state index in [1.54, 1.807) is 0 Å². The van der Waals surface area contributed by atoms with Crippen LogP contribution in [0.15, 0.2) is 69.0 Å². The molecule has 0 bridgehead atoms. The van der Waals surface area contributed by atoms with E-state index in [2.05, 4.69) is 10.3 Å². The van der Waals surface area contributed by atoms with Crippen LogP contribution in [0.25, 0.3) is 33.6 Å². The van der Waals surface area contributed by atoms with E-state index in [0.29, 0.717) is 16.9 Å². The van der Waals surface area contributed by atoms with Crippen molar-refractivity contribution in [1.82, 2.24) is 14.9 Å². The van der Waals surface area contributed by atoms with Crippen LogP contribution in [-0.2, 0) is 31.4 Å². The number of carbonyl (C=O) groups excluding carboxylic acids is 1. The van der Waals surface area contributed by atoms with Gasteiger partial charge < -0.3 is 19.2 Å². The lowest BCUT2D eigenvalue weighted by atomic mass is 9.71. The van der Waals surface area contributed by atoms with Crippen LogP contribution in [0.3, 0.4) is 0 Å². The van der Waals surface area contributed by atoms with Gasteiger partial charge in [0.1, 0.15) is 16.7 Å². The highest BCUT2D eigenvalue weighted by atomic mass is 32.2. The summed E-state index contributed by atoms with van der Waals surface area (Å²) in [5, 5.41) is 2.87. The van der Waals surface area contributed by atoms with Crippen LogP contribution in [0, 0.1) is 0 Å². The normalized spacial score (nSPS) is 14.9. The van der Waals surface area contributed by atoms with Crippen molar-refractivity contribution < 1.29 is 27.1 Å². The number of alkyl carbamates (subject to hydrolysis) is 1. The molecule has 0 aliphatic heterocycles. The number of hydrogen-bond donors (Lipinski definition) is 1. The number of fused-ring (bicyclic) bond motifs is 1. The molecular formula is C31H35N3O7S. The predicted molar refractivity (Wildman–Crippen MR) is 159 cm³/mol. The number of nitrogens with one attached hydrogen (secondary N) is 1. The molecule has 0 radical (unpaired) electrons. The van der Waals surface area contributed by atoms with Crippen LogP contribution in [0.2, 0.25) is 0 Å². The first kappa shape index (κ1) is 29.5. The standard InChI is InChI=1S/C31H35N3O7S/c1-30(2,3)41-29(36)33-31(16-9-17-31)22-14-12-21(13-15-22)25-23(20-10-7-6-8-11-20)24-26(40-25)32-28(42(5,37)38)34(27(24)35)18-19-39-4/h6-8,10-15H,9,16-19H2,1-5H3,(H,33,36). The van der Waals surface area contributed by atoms with Crippen molar-refractivity contribution in [3.05, 3.63) is 70.5 Å². The molecule has 222 valence electrons. The van der Waals surface area contributed by atoms with Crippen LogP contribution in [-0.4, -0.2) is 49.6 Å². The average molecular weight is 594 g/mol. The molecule has 11 heteroatoms. The largest absolute Gasteiger partial charge is 0.444 e. The highest BCUT2D eigenvalue weighted by Crippen LogP contribution is 2.44. The Balaban J connectivity index is 1.64. The van der Waals surface area contributed by atoms with Crippen LogP contribution in [0.5, 0.6) is 0 Å². The lowest BCUT2D eigenvalue weighted by Gasteiger charge is -2.43. The smallest absolute Gasteiger partial charge is 0.408 e. The molecule has 2 heterocycles. The van der Waals surface area contributed by atoms with E-state index in [0.717, 1.165) is 41.2 Å². The number of nitrogens with zero attached hydrogens (tertiary/aromatic N) is 2. The Bertz CT molecular complexity index is 1780. The van der Waals surface area contributed by atoms with Gasteiger partial charge in [0, 0.05) is 24.5 Å². The summed E-state index contributed by atoms with van der Waals surface area (Å²) in [5.74, 6) is 0.388. The van der Waals surface area contributed by atoms with E-state index in [-0.39, 0.29) is 29.4 Å². The number of methoxy groups -OCH3 is 1. The molecule has 0 saturated heterocycles. The SMILES string of the molecule is COCCn1c(S(C)(=O)=O)nc2oc(-c3ccc(C4(NC(=O)OC(C)(C)C)CCC4)cc3)c(-c3ccccc3)c2c1=O. The lowest BCUT2D eigenvalue weighted by molar-refractivity contribution is 0.0377. The first-order chi connectivity index (χ1) is 19.8. The highest BCUT2D eigenvalue weighted by molar-refractivity contribution is 7.90. The second-order valence-corrected chi connectivity index (χ2v) is 13.5. The molecule has 1 aliphatic rings. The second kappa shape index (κ2) is 11.0. The molecule has 0 spiro atoms. The minimum atomic E-state index is -3.86. The number of benzene rings is 2. The zero-order valence-corrected chi connectivity index (χ0v) is 25.2. The van der Waals surface area contributed by atoms with E-state index in [4.69, 9.17) is 13.9 Å². The molecule has 1 amide bonds. The summed E-state index contributed by atoms with van der Waals surface area (Å²) >= 11 is 0. The average Bonchev–Trinajstić information content (AvgIpc) is 3.29. The van der Waals surface area contributed by atoms with Gasteiger partial charge in [-0.3, -0.25) is 9.36 Å². The van der Waals surface area contributed by atoms with Gasteiger partial charge in [0.25, 0.3) is 5.56 Å². The summed E-state index contributed by atoms with van der Waals surface area (Å²) in [5.41, 5.74) is 1.12. The molecule has 2 aromatic heterocycles. The number of rotatable bonds is 8. The fraction of sp³-hybridized carbons (Fsp3) is 0.387. The molecule has 1 aliphatic carbocycles. The van der Waals surface area contributed by atoms with Crippen molar-refractivity contribution in [3.8, 4) is 22.5 Å². The first-order valence-corrected chi connectivity index (χ1v) is 15.7. The van der Waals surface area contributed by atoms with Crippen molar-refractivity contribution in [2.75, 3.05) is 20.0 Å². The number of sulfone groups is 1. The maximum atomic E-state index is 13.9. The summed E-state index contributed by atoms with van der Waals surface area (Å²) in [4.78, 5) is 30.8. The Labute approximate surface area is 244 Å². The van der Waals surface area contributed by atoms with Crippen molar-refractivity contribution in [2.24, 2.45) is 0 Å². The Morgan fingerprint density at radius 3 is 2.29 bits per heavy atom. The van der Waals surface area contributed by atoms with Crippen LogP contribution in [0.1, 0.15) is 45.6 Å². The maximum absolute atomic E-state index is 13.9. The molecule has 1 fully saturated rings. The Morgan fingerprint density at radius 2 is 1.74 bits per heavy atom. The first-order valence-electron chi connectivity index (χ1n) is 13.8. The summed E-state index contributed by atoms with van der Waals surface area (Å²) in [7, 11) is -2.38. The number of aromatic nitrogens is 2. The minimum absolute atomic E-state index is 0.0108.